The quantitative estimate of drug-likeness (QED) is 0.815. The topological polar surface area (TPSA) is 36.8 Å². The van der Waals surface area contributed by atoms with Crippen molar-refractivity contribution in [2.24, 2.45) is 0 Å². The Bertz CT molecular complexity index is 736. The van der Waals surface area contributed by atoms with Gasteiger partial charge >= 0.3 is 0 Å². The standard InChI is InChI=1S/C20H29N5O/c1-22-6-8-23(9-7-22)15-18-13-21-20-16-24(10-11-25(18)20)14-17-4-3-5-19(12-17)26-2/h3-5,12-13H,6-11,14-16H2,1-2H3. The van der Waals surface area contributed by atoms with Gasteiger partial charge in [-0.25, -0.2) is 4.98 Å². The van der Waals surface area contributed by atoms with E-state index < -0.39 is 0 Å². The summed E-state index contributed by atoms with van der Waals surface area (Å²) < 4.78 is 7.77. The van der Waals surface area contributed by atoms with E-state index in [0.717, 1.165) is 64.7 Å². The van der Waals surface area contributed by atoms with Gasteiger partial charge in [0.15, 0.2) is 0 Å². The minimum atomic E-state index is 0.917. The fraction of sp³-hybridized carbons (Fsp3) is 0.550. The van der Waals surface area contributed by atoms with Crippen molar-refractivity contribution in [3.63, 3.8) is 0 Å². The molecule has 2 aliphatic heterocycles. The molecule has 4 rings (SSSR count). The lowest BCUT2D eigenvalue weighted by molar-refractivity contribution is 0.143. The van der Waals surface area contributed by atoms with Crippen LogP contribution in [0.15, 0.2) is 30.5 Å². The Morgan fingerprint density at radius 3 is 2.62 bits per heavy atom. The Hall–Kier alpha value is -1.89. The molecule has 1 saturated heterocycles. The zero-order valence-electron chi connectivity index (χ0n) is 15.9. The number of likely N-dealkylation sites (N-methyl/N-ethyl adjacent to an activating group) is 1. The smallest absolute Gasteiger partial charge is 0.123 e. The molecule has 0 unspecified atom stereocenters. The maximum absolute atomic E-state index is 5.34. The zero-order valence-corrected chi connectivity index (χ0v) is 15.9. The molecule has 1 aromatic heterocycles. The molecule has 0 spiro atoms. The van der Waals surface area contributed by atoms with Gasteiger partial charge in [-0.3, -0.25) is 9.80 Å². The van der Waals surface area contributed by atoms with Crippen molar-refractivity contribution in [1.29, 1.82) is 0 Å². The number of rotatable bonds is 5. The Labute approximate surface area is 156 Å². The van der Waals surface area contributed by atoms with Gasteiger partial charge in [0.2, 0.25) is 0 Å². The first-order valence-electron chi connectivity index (χ1n) is 9.51. The highest BCUT2D eigenvalue weighted by molar-refractivity contribution is 5.28. The monoisotopic (exact) mass is 355 g/mol. The van der Waals surface area contributed by atoms with Crippen molar-refractivity contribution in [3.8, 4) is 5.75 Å². The predicted octanol–water partition coefficient (Wildman–Crippen LogP) is 1.65. The first-order chi connectivity index (χ1) is 12.7. The van der Waals surface area contributed by atoms with Crippen LogP contribution in [-0.2, 0) is 26.2 Å². The molecule has 3 heterocycles. The van der Waals surface area contributed by atoms with Crippen LogP contribution in [0.3, 0.4) is 0 Å². The Morgan fingerprint density at radius 1 is 1.00 bits per heavy atom. The number of imidazole rings is 1. The van der Waals surface area contributed by atoms with Gasteiger partial charge in [0.25, 0.3) is 0 Å². The predicted molar refractivity (Wildman–Crippen MR) is 102 cm³/mol. The maximum atomic E-state index is 5.34. The summed E-state index contributed by atoms with van der Waals surface area (Å²) in [6, 6.07) is 8.35. The van der Waals surface area contributed by atoms with Crippen LogP contribution in [-0.4, -0.2) is 71.1 Å². The second-order valence-electron chi connectivity index (χ2n) is 7.46. The average Bonchev–Trinajstić information content (AvgIpc) is 3.06. The Morgan fingerprint density at radius 2 is 1.81 bits per heavy atom. The fourth-order valence-electron chi connectivity index (χ4n) is 3.90. The molecule has 0 aliphatic carbocycles. The van der Waals surface area contributed by atoms with E-state index in [1.54, 1.807) is 7.11 Å². The van der Waals surface area contributed by atoms with Crippen LogP contribution in [0.25, 0.3) is 0 Å². The average molecular weight is 355 g/mol. The van der Waals surface area contributed by atoms with Crippen molar-refractivity contribution in [2.75, 3.05) is 46.9 Å². The van der Waals surface area contributed by atoms with Crippen LogP contribution in [0.2, 0.25) is 0 Å². The molecule has 0 amide bonds. The fourth-order valence-corrected chi connectivity index (χ4v) is 3.90. The van der Waals surface area contributed by atoms with Gasteiger partial charge in [0.1, 0.15) is 11.6 Å². The number of ether oxygens (including phenoxy) is 1. The maximum Gasteiger partial charge on any atom is 0.123 e. The van der Waals surface area contributed by atoms with Gasteiger partial charge in [-0.15, -0.1) is 0 Å². The Balaban J connectivity index is 1.38. The first kappa shape index (κ1) is 17.5. The van der Waals surface area contributed by atoms with Crippen LogP contribution in [0.1, 0.15) is 17.1 Å². The number of hydrogen-bond acceptors (Lipinski definition) is 5. The number of fused-ring (bicyclic) bond motifs is 1. The molecule has 0 bridgehead atoms. The molecule has 6 heteroatoms. The number of aromatic nitrogens is 2. The van der Waals surface area contributed by atoms with E-state index in [9.17, 15) is 0 Å². The molecule has 140 valence electrons. The van der Waals surface area contributed by atoms with E-state index in [0.29, 0.717) is 0 Å². The second-order valence-corrected chi connectivity index (χ2v) is 7.46. The largest absolute Gasteiger partial charge is 0.497 e. The van der Waals surface area contributed by atoms with Crippen molar-refractivity contribution in [3.05, 3.63) is 47.5 Å². The van der Waals surface area contributed by atoms with Crippen molar-refractivity contribution >= 4 is 0 Å². The SMILES string of the molecule is COc1cccc(CN2CCn3c(CN4CCN(C)CC4)cnc3C2)c1. The highest BCUT2D eigenvalue weighted by atomic mass is 16.5. The van der Waals surface area contributed by atoms with Gasteiger partial charge in [0, 0.05) is 58.6 Å². The highest BCUT2D eigenvalue weighted by Gasteiger charge is 2.22. The van der Waals surface area contributed by atoms with Crippen LogP contribution in [0.4, 0.5) is 0 Å². The molecule has 6 nitrogen and oxygen atoms in total. The van der Waals surface area contributed by atoms with Gasteiger partial charge in [-0.1, -0.05) is 12.1 Å². The van der Waals surface area contributed by atoms with Crippen LogP contribution in [0, 0.1) is 0 Å². The summed E-state index contributed by atoms with van der Waals surface area (Å²) in [6.45, 7) is 9.61. The summed E-state index contributed by atoms with van der Waals surface area (Å²) in [5, 5.41) is 0. The number of methoxy groups -OCH3 is 1. The molecule has 2 aromatic rings. The third kappa shape index (κ3) is 3.92. The van der Waals surface area contributed by atoms with Crippen LogP contribution >= 0.6 is 0 Å². The summed E-state index contributed by atoms with van der Waals surface area (Å²) in [5.41, 5.74) is 2.66. The van der Waals surface area contributed by atoms with E-state index in [2.05, 4.69) is 50.7 Å². The molecule has 0 atom stereocenters. The minimum absolute atomic E-state index is 0.917. The molecule has 0 saturated carbocycles. The zero-order chi connectivity index (χ0) is 17.9. The second kappa shape index (κ2) is 7.78. The summed E-state index contributed by atoms with van der Waals surface area (Å²) in [5.74, 6) is 2.12. The van der Waals surface area contributed by atoms with Crippen molar-refractivity contribution in [2.45, 2.75) is 26.2 Å². The van der Waals surface area contributed by atoms with E-state index >= 15 is 0 Å². The van der Waals surface area contributed by atoms with Gasteiger partial charge < -0.3 is 14.2 Å². The van der Waals surface area contributed by atoms with Gasteiger partial charge in [0.05, 0.1) is 19.3 Å². The van der Waals surface area contributed by atoms with Crippen molar-refractivity contribution in [1.82, 2.24) is 24.3 Å². The normalized spacial score (nSPS) is 19.5. The minimum Gasteiger partial charge on any atom is -0.497 e. The Kier molecular flexibility index (Phi) is 5.24. The number of hydrogen-bond donors (Lipinski definition) is 0. The molecular formula is C20H29N5O. The third-order valence-electron chi connectivity index (χ3n) is 5.55. The number of nitrogens with zero attached hydrogens (tertiary/aromatic N) is 5. The van der Waals surface area contributed by atoms with E-state index in [1.165, 1.54) is 17.1 Å². The van der Waals surface area contributed by atoms with E-state index in [1.807, 2.05) is 6.07 Å². The van der Waals surface area contributed by atoms with Crippen molar-refractivity contribution < 1.29 is 4.74 Å². The lowest BCUT2D eigenvalue weighted by atomic mass is 10.2. The molecule has 2 aliphatic rings. The van der Waals surface area contributed by atoms with Crippen LogP contribution in [0.5, 0.6) is 5.75 Å². The number of piperazine rings is 1. The number of benzene rings is 1. The molecule has 0 N–H and O–H groups in total. The molecule has 1 aromatic carbocycles. The summed E-state index contributed by atoms with van der Waals surface area (Å²) in [6.07, 6.45) is 2.09. The lowest BCUT2D eigenvalue weighted by Crippen LogP contribution is -2.44. The summed E-state index contributed by atoms with van der Waals surface area (Å²) in [7, 11) is 3.92. The van der Waals surface area contributed by atoms with Gasteiger partial charge in [-0.2, -0.15) is 0 Å². The van der Waals surface area contributed by atoms with E-state index in [-0.39, 0.29) is 0 Å². The lowest BCUT2D eigenvalue weighted by Gasteiger charge is -2.33. The highest BCUT2D eigenvalue weighted by Crippen LogP contribution is 2.20. The molecule has 1 fully saturated rings. The summed E-state index contributed by atoms with van der Waals surface area (Å²) in [4.78, 5) is 12.1. The van der Waals surface area contributed by atoms with Gasteiger partial charge in [-0.05, 0) is 24.7 Å². The summed E-state index contributed by atoms with van der Waals surface area (Å²) >= 11 is 0. The molecule has 26 heavy (non-hydrogen) atoms. The van der Waals surface area contributed by atoms with E-state index in [4.69, 9.17) is 9.72 Å². The van der Waals surface area contributed by atoms with Crippen LogP contribution < -0.4 is 4.74 Å². The third-order valence-corrected chi connectivity index (χ3v) is 5.55. The molecule has 0 radical (unpaired) electrons. The first-order valence-corrected chi connectivity index (χ1v) is 9.51. The molecular weight excluding hydrogens is 326 g/mol.